The van der Waals surface area contributed by atoms with Crippen LogP contribution in [0.5, 0.6) is 0 Å². The Kier molecular flexibility index (Phi) is 5.04. The van der Waals surface area contributed by atoms with E-state index in [0.29, 0.717) is 12.1 Å². The van der Waals surface area contributed by atoms with Gasteiger partial charge in [-0.2, -0.15) is 0 Å². The third-order valence-corrected chi connectivity index (χ3v) is 4.49. The second-order valence-corrected chi connectivity index (χ2v) is 6.59. The van der Waals surface area contributed by atoms with Gasteiger partial charge in [0, 0.05) is 18.1 Å². The van der Waals surface area contributed by atoms with Crippen LogP contribution in [0, 0.1) is 5.82 Å². The van der Waals surface area contributed by atoms with E-state index in [4.69, 9.17) is 11.6 Å². The molecule has 0 N–H and O–H groups in total. The Labute approximate surface area is 150 Å². The van der Waals surface area contributed by atoms with Crippen LogP contribution in [0.3, 0.4) is 0 Å². The zero-order valence-corrected chi connectivity index (χ0v) is 14.5. The number of rotatable bonds is 4. The smallest absolute Gasteiger partial charge is 0.245 e. The maximum atomic E-state index is 13.5. The molecule has 0 bridgehead atoms. The van der Waals surface area contributed by atoms with Gasteiger partial charge in [-0.15, -0.1) is 0 Å². The van der Waals surface area contributed by atoms with Crippen LogP contribution in [-0.4, -0.2) is 34.2 Å². The van der Waals surface area contributed by atoms with Gasteiger partial charge in [0.25, 0.3) is 0 Å². The van der Waals surface area contributed by atoms with Crippen molar-refractivity contribution in [3.8, 4) is 0 Å². The highest BCUT2D eigenvalue weighted by Gasteiger charge is 2.36. The van der Waals surface area contributed by atoms with Gasteiger partial charge in [-0.25, -0.2) is 4.39 Å². The van der Waals surface area contributed by atoms with E-state index in [1.54, 1.807) is 17.9 Å². The molecule has 1 aliphatic rings. The molecule has 0 aliphatic carbocycles. The zero-order chi connectivity index (χ0) is 18.0. The molecule has 0 unspecified atom stereocenters. The van der Waals surface area contributed by atoms with Crippen molar-refractivity contribution in [3.05, 3.63) is 70.5 Å². The number of piperazine rings is 1. The molecule has 1 fully saturated rings. The molecule has 0 saturated carbocycles. The van der Waals surface area contributed by atoms with Crippen molar-refractivity contribution in [3.63, 3.8) is 0 Å². The lowest BCUT2D eigenvalue weighted by atomic mass is 10.1. The highest BCUT2D eigenvalue weighted by atomic mass is 35.5. The van der Waals surface area contributed by atoms with Gasteiger partial charge < -0.3 is 9.80 Å². The molecule has 1 saturated heterocycles. The van der Waals surface area contributed by atoms with Crippen molar-refractivity contribution in [2.24, 2.45) is 0 Å². The van der Waals surface area contributed by atoms with Gasteiger partial charge in [0.05, 0.1) is 0 Å². The fraction of sp³-hybridized carbons (Fsp3) is 0.263. The van der Waals surface area contributed by atoms with Crippen LogP contribution >= 0.6 is 11.6 Å². The summed E-state index contributed by atoms with van der Waals surface area (Å²) in [5.74, 6) is -0.744. The van der Waals surface area contributed by atoms with Crippen molar-refractivity contribution in [1.82, 2.24) is 9.80 Å². The first-order chi connectivity index (χ1) is 11.9. The molecule has 3 rings (SSSR count). The number of hydrogen-bond acceptors (Lipinski definition) is 2. The molecule has 0 aromatic heterocycles. The summed E-state index contributed by atoms with van der Waals surface area (Å²) >= 11 is 5.86. The van der Waals surface area contributed by atoms with E-state index in [0.717, 1.165) is 5.56 Å². The minimum Gasteiger partial charge on any atom is -0.327 e. The Morgan fingerprint density at radius 1 is 1.08 bits per heavy atom. The summed E-state index contributed by atoms with van der Waals surface area (Å²) < 4.78 is 13.5. The Morgan fingerprint density at radius 3 is 2.48 bits per heavy atom. The average Bonchev–Trinajstić information content (AvgIpc) is 2.56. The molecular weight excluding hydrogens is 343 g/mol. The van der Waals surface area contributed by atoms with Crippen molar-refractivity contribution >= 4 is 23.4 Å². The first-order valence-corrected chi connectivity index (χ1v) is 8.39. The van der Waals surface area contributed by atoms with Crippen LogP contribution in [0.2, 0.25) is 5.02 Å². The topological polar surface area (TPSA) is 40.6 Å². The predicted molar refractivity (Wildman–Crippen MR) is 93.3 cm³/mol. The van der Waals surface area contributed by atoms with Gasteiger partial charge in [-0.05, 0) is 36.2 Å². The minimum atomic E-state index is -0.605. The van der Waals surface area contributed by atoms with Gasteiger partial charge in [0.15, 0.2) is 0 Å². The van der Waals surface area contributed by atoms with E-state index in [1.807, 2.05) is 30.3 Å². The summed E-state index contributed by atoms with van der Waals surface area (Å²) in [7, 11) is 0. The zero-order valence-electron chi connectivity index (χ0n) is 13.8. The van der Waals surface area contributed by atoms with E-state index in [1.165, 1.54) is 17.0 Å². The van der Waals surface area contributed by atoms with Crippen LogP contribution < -0.4 is 0 Å². The maximum Gasteiger partial charge on any atom is 0.245 e. The van der Waals surface area contributed by atoms with E-state index in [-0.39, 0.29) is 29.9 Å². The molecule has 0 spiro atoms. The number of carbonyl (C=O) groups is 2. The van der Waals surface area contributed by atoms with Crippen LogP contribution in [0.15, 0.2) is 48.5 Å². The van der Waals surface area contributed by atoms with Crippen LogP contribution in [0.4, 0.5) is 4.39 Å². The Hall–Kier alpha value is -2.40. The van der Waals surface area contributed by atoms with Crippen molar-refractivity contribution in [2.75, 3.05) is 6.54 Å². The van der Waals surface area contributed by atoms with E-state index in [2.05, 4.69) is 0 Å². The van der Waals surface area contributed by atoms with Gasteiger partial charge in [-0.3, -0.25) is 9.59 Å². The van der Waals surface area contributed by atoms with Crippen molar-refractivity contribution in [2.45, 2.75) is 26.1 Å². The monoisotopic (exact) mass is 360 g/mol. The van der Waals surface area contributed by atoms with Crippen molar-refractivity contribution < 1.29 is 14.0 Å². The van der Waals surface area contributed by atoms with Gasteiger partial charge in [0.1, 0.15) is 18.4 Å². The number of benzene rings is 2. The molecular formula is C19H18ClFN2O2. The summed E-state index contributed by atoms with van der Waals surface area (Å²) in [6.07, 6.45) is 0. The van der Waals surface area contributed by atoms with Crippen LogP contribution in [0.1, 0.15) is 18.1 Å². The molecule has 1 aliphatic heterocycles. The number of carbonyl (C=O) groups excluding carboxylic acids is 2. The maximum absolute atomic E-state index is 13.5. The fourth-order valence-corrected chi connectivity index (χ4v) is 3.25. The molecule has 130 valence electrons. The van der Waals surface area contributed by atoms with Crippen LogP contribution in [-0.2, 0) is 22.7 Å². The lowest BCUT2D eigenvalue weighted by molar-refractivity contribution is -0.156. The number of nitrogens with zero attached hydrogens (tertiary/aromatic N) is 2. The lowest BCUT2D eigenvalue weighted by Gasteiger charge is -2.38. The minimum absolute atomic E-state index is 0.0150. The standard InChI is InChI=1S/C19H18ClFN2O2/c1-13-19(25)22(10-14-5-3-2-4-6-14)12-18(24)23(13)11-15-7-16(20)9-17(21)8-15/h2-9,13H,10-12H2,1H3/t13-/m0/s1. The normalized spacial score (nSPS) is 18.0. The van der Waals surface area contributed by atoms with Gasteiger partial charge in [-0.1, -0.05) is 41.9 Å². The first kappa shape index (κ1) is 17.4. The molecule has 0 radical (unpaired) electrons. The second-order valence-electron chi connectivity index (χ2n) is 6.16. The summed E-state index contributed by atoms with van der Waals surface area (Å²) in [5.41, 5.74) is 1.54. The lowest BCUT2D eigenvalue weighted by Crippen LogP contribution is -2.58. The third kappa shape index (κ3) is 3.99. The fourth-order valence-electron chi connectivity index (χ4n) is 3.01. The molecule has 1 heterocycles. The molecule has 25 heavy (non-hydrogen) atoms. The quantitative estimate of drug-likeness (QED) is 0.839. The highest BCUT2D eigenvalue weighted by Crippen LogP contribution is 2.21. The van der Waals surface area contributed by atoms with Crippen molar-refractivity contribution in [1.29, 1.82) is 0 Å². The number of halogens is 2. The largest absolute Gasteiger partial charge is 0.327 e. The Balaban J connectivity index is 1.74. The molecule has 2 aromatic carbocycles. The van der Waals surface area contributed by atoms with E-state index in [9.17, 15) is 14.0 Å². The number of amides is 2. The predicted octanol–water partition coefficient (Wildman–Crippen LogP) is 3.24. The van der Waals surface area contributed by atoms with Crippen LogP contribution in [0.25, 0.3) is 0 Å². The van der Waals surface area contributed by atoms with E-state index < -0.39 is 11.9 Å². The second kappa shape index (κ2) is 7.23. The summed E-state index contributed by atoms with van der Waals surface area (Å²) in [6, 6.07) is 13.1. The number of hydrogen-bond donors (Lipinski definition) is 0. The third-order valence-electron chi connectivity index (χ3n) is 4.27. The van der Waals surface area contributed by atoms with Gasteiger partial charge >= 0.3 is 0 Å². The first-order valence-electron chi connectivity index (χ1n) is 8.01. The van der Waals surface area contributed by atoms with Gasteiger partial charge in [0.2, 0.25) is 11.8 Å². The molecule has 2 aromatic rings. The Bertz CT molecular complexity index is 777. The highest BCUT2D eigenvalue weighted by molar-refractivity contribution is 6.30. The average molecular weight is 361 g/mol. The molecule has 2 amide bonds. The van der Waals surface area contributed by atoms with E-state index >= 15 is 0 Å². The SMILES string of the molecule is C[C@H]1C(=O)N(Cc2ccccc2)CC(=O)N1Cc1cc(F)cc(Cl)c1. The summed E-state index contributed by atoms with van der Waals surface area (Å²) in [4.78, 5) is 28.2. The molecule has 4 nitrogen and oxygen atoms in total. The summed E-state index contributed by atoms with van der Waals surface area (Å²) in [6.45, 7) is 2.26. The Morgan fingerprint density at radius 2 is 1.80 bits per heavy atom. The molecule has 1 atom stereocenters. The summed E-state index contributed by atoms with van der Waals surface area (Å²) in [5, 5.41) is 0.268. The molecule has 6 heteroatoms.